The third-order valence-electron chi connectivity index (χ3n) is 5.40. The molecule has 32 heavy (non-hydrogen) atoms. The largest absolute Gasteiger partial charge is 0.321 e. The molecule has 0 radical (unpaired) electrons. The van der Waals surface area contributed by atoms with E-state index in [9.17, 15) is 4.39 Å². The zero-order valence-electron chi connectivity index (χ0n) is 16.5. The molecule has 0 aliphatic carbocycles. The number of aromatic nitrogens is 6. The Morgan fingerprint density at radius 3 is 2.50 bits per heavy atom. The Hall–Kier alpha value is -4.46. The molecule has 0 spiro atoms. The average Bonchev–Trinajstić information content (AvgIpc) is 3.45. The summed E-state index contributed by atoms with van der Waals surface area (Å²) in [5, 5.41) is 7.52. The normalized spacial score (nSPS) is 11.4. The fraction of sp³-hybridized carbons (Fsp3) is 0. The van der Waals surface area contributed by atoms with Gasteiger partial charge in [-0.1, -0.05) is 18.2 Å². The van der Waals surface area contributed by atoms with Crippen LogP contribution in [0.2, 0.25) is 0 Å². The molecule has 4 heterocycles. The number of nitrogens with one attached hydrogen (secondary N) is 2. The van der Waals surface area contributed by atoms with Gasteiger partial charge in [0.05, 0.1) is 10.9 Å². The van der Waals surface area contributed by atoms with E-state index in [2.05, 4.69) is 30.1 Å². The molecule has 2 N–H and O–H groups in total. The number of nitrogens with zero attached hydrogens (tertiary/aromatic N) is 4. The minimum absolute atomic E-state index is 0.315. The minimum atomic E-state index is -0.411. The molecule has 0 aliphatic rings. The molecule has 0 bridgehead atoms. The number of hydrogen-bond acceptors (Lipinski definition) is 4. The van der Waals surface area contributed by atoms with Crippen molar-refractivity contribution in [1.82, 2.24) is 30.1 Å². The van der Waals surface area contributed by atoms with Crippen LogP contribution in [0, 0.1) is 11.6 Å². The summed E-state index contributed by atoms with van der Waals surface area (Å²) in [6.07, 6.45) is 4.90. The van der Waals surface area contributed by atoms with Gasteiger partial charge in [0.1, 0.15) is 22.8 Å². The number of hydrogen-bond donors (Lipinski definition) is 2. The maximum absolute atomic E-state index is 15.6. The Bertz CT molecular complexity index is 1590. The molecule has 0 amide bonds. The summed E-state index contributed by atoms with van der Waals surface area (Å²) in [6, 6.07) is 15.0. The smallest absolute Gasteiger partial charge is 0.161 e. The van der Waals surface area contributed by atoms with Crippen LogP contribution in [0.25, 0.3) is 55.8 Å². The monoisotopic (exact) mass is 424 g/mol. The van der Waals surface area contributed by atoms with Crippen LogP contribution in [0.5, 0.6) is 0 Å². The van der Waals surface area contributed by atoms with Gasteiger partial charge in [-0.25, -0.2) is 18.7 Å². The lowest BCUT2D eigenvalue weighted by Crippen LogP contribution is -1.89. The number of halogens is 2. The van der Waals surface area contributed by atoms with E-state index < -0.39 is 5.82 Å². The highest BCUT2D eigenvalue weighted by Gasteiger charge is 2.20. The van der Waals surface area contributed by atoms with Crippen molar-refractivity contribution in [3.8, 4) is 33.8 Å². The lowest BCUT2D eigenvalue weighted by molar-refractivity contribution is 0.628. The predicted molar refractivity (Wildman–Crippen MR) is 118 cm³/mol. The van der Waals surface area contributed by atoms with Gasteiger partial charge in [-0.05, 0) is 42.0 Å². The number of benzene rings is 2. The second kappa shape index (κ2) is 7.05. The molecule has 6 rings (SSSR count). The first-order valence-corrected chi connectivity index (χ1v) is 9.87. The molecule has 0 fully saturated rings. The van der Waals surface area contributed by atoms with Crippen molar-refractivity contribution >= 4 is 22.1 Å². The fourth-order valence-corrected chi connectivity index (χ4v) is 3.87. The highest BCUT2D eigenvalue weighted by molar-refractivity contribution is 5.97. The predicted octanol–water partition coefficient (Wildman–Crippen LogP) is 5.51. The van der Waals surface area contributed by atoms with Crippen LogP contribution in [-0.4, -0.2) is 30.1 Å². The fourth-order valence-electron chi connectivity index (χ4n) is 3.87. The molecule has 4 aromatic heterocycles. The summed E-state index contributed by atoms with van der Waals surface area (Å²) in [7, 11) is 0. The minimum Gasteiger partial charge on any atom is -0.321 e. The highest BCUT2D eigenvalue weighted by atomic mass is 19.1. The van der Waals surface area contributed by atoms with Crippen molar-refractivity contribution in [2.24, 2.45) is 0 Å². The van der Waals surface area contributed by atoms with Crippen LogP contribution in [0.4, 0.5) is 8.78 Å². The van der Waals surface area contributed by atoms with Gasteiger partial charge in [0.15, 0.2) is 11.5 Å². The van der Waals surface area contributed by atoms with Gasteiger partial charge in [0.25, 0.3) is 0 Å². The molecule has 6 nitrogen and oxygen atoms in total. The van der Waals surface area contributed by atoms with Crippen LogP contribution >= 0.6 is 0 Å². The van der Waals surface area contributed by atoms with Crippen molar-refractivity contribution in [2.45, 2.75) is 0 Å². The molecule has 0 saturated carbocycles. The van der Waals surface area contributed by atoms with Crippen LogP contribution in [0.15, 0.2) is 73.2 Å². The van der Waals surface area contributed by atoms with E-state index in [1.54, 1.807) is 55.0 Å². The quantitative estimate of drug-likeness (QED) is 0.393. The van der Waals surface area contributed by atoms with Crippen molar-refractivity contribution < 1.29 is 8.78 Å². The number of rotatable bonds is 3. The van der Waals surface area contributed by atoms with Gasteiger partial charge in [-0.3, -0.25) is 10.1 Å². The zero-order valence-corrected chi connectivity index (χ0v) is 16.5. The van der Waals surface area contributed by atoms with Gasteiger partial charge >= 0.3 is 0 Å². The first-order chi connectivity index (χ1) is 15.7. The van der Waals surface area contributed by atoms with Crippen LogP contribution in [-0.2, 0) is 0 Å². The Morgan fingerprint density at radius 1 is 0.812 bits per heavy atom. The van der Waals surface area contributed by atoms with E-state index in [-0.39, 0.29) is 5.82 Å². The number of imidazole rings is 1. The van der Waals surface area contributed by atoms with Gasteiger partial charge < -0.3 is 4.98 Å². The van der Waals surface area contributed by atoms with Crippen LogP contribution in [0.1, 0.15) is 0 Å². The Kier molecular flexibility index (Phi) is 4.04. The van der Waals surface area contributed by atoms with Gasteiger partial charge in [-0.15, -0.1) is 0 Å². The molecular weight excluding hydrogens is 410 g/mol. The molecule has 2 aromatic carbocycles. The lowest BCUT2D eigenvalue weighted by Gasteiger charge is -2.04. The summed E-state index contributed by atoms with van der Waals surface area (Å²) in [5.74, 6) is -0.341. The zero-order chi connectivity index (χ0) is 21.7. The summed E-state index contributed by atoms with van der Waals surface area (Å²) < 4.78 is 29.0. The van der Waals surface area contributed by atoms with Gasteiger partial charge in [-0.2, -0.15) is 5.10 Å². The molecule has 154 valence electrons. The van der Waals surface area contributed by atoms with Gasteiger partial charge in [0, 0.05) is 35.3 Å². The summed E-state index contributed by atoms with van der Waals surface area (Å²) in [4.78, 5) is 16.2. The average molecular weight is 424 g/mol. The second-order valence-electron chi connectivity index (χ2n) is 7.31. The van der Waals surface area contributed by atoms with Crippen LogP contribution < -0.4 is 0 Å². The molecule has 6 aromatic rings. The van der Waals surface area contributed by atoms with E-state index in [1.165, 1.54) is 12.1 Å². The molecule has 8 heteroatoms. The SMILES string of the molecule is Fc1ccc(-c2ccnc3[nH]c(-c4n[nH]c5ccc(-c6cccnc6)c(F)c45)nc23)cc1. The van der Waals surface area contributed by atoms with E-state index in [0.717, 1.165) is 11.1 Å². The van der Waals surface area contributed by atoms with E-state index in [4.69, 9.17) is 0 Å². The molecule has 0 saturated heterocycles. The van der Waals surface area contributed by atoms with E-state index >= 15 is 4.39 Å². The van der Waals surface area contributed by atoms with Crippen molar-refractivity contribution in [2.75, 3.05) is 0 Å². The second-order valence-corrected chi connectivity index (χ2v) is 7.31. The van der Waals surface area contributed by atoms with E-state index in [1.807, 2.05) is 6.07 Å². The van der Waals surface area contributed by atoms with E-state index in [0.29, 0.717) is 44.7 Å². The molecular formula is C24H14F2N6. The first kappa shape index (κ1) is 18.3. The van der Waals surface area contributed by atoms with Crippen molar-refractivity contribution in [3.05, 3.63) is 84.8 Å². The first-order valence-electron chi connectivity index (χ1n) is 9.87. The summed E-state index contributed by atoms with van der Waals surface area (Å²) >= 11 is 0. The maximum atomic E-state index is 15.6. The van der Waals surface area contributed by atoms with Crippen molar-refractivity contribution in [3.63, 3.8) is 0 Å². The Morgan fingerprint density at radius 2 is 1.69 bits per heavy atom. The van der Waals surface area contributed by atoms with Crippen molar-refractivity contribution in [1.29, 1.82) is 0 Å². The molecule has 0 unspecified atom stereocenters. The third-order valence-corrected chi connectivity index (χ3v) is 5.40. The Labute approximate surface area is 180 Å². The lowest BCUT2D eigenvalue weighted by atomic mass is 10.0. The number of H-pyrrole nitrogens is 2. The topological polar surface area (TPSA) is 83.1 Å². The number of pyridine rings is 2. The standard InChI is InChI=1S/C24H14F2N6/c25-15-5-3-13(4-6-15)17-9-11-28-23-21(17)29-24(30-23)22-19-18(31-32-22)8-7-16(20(19)26)14-2-1-10-27-12-14/h1-12H,(H,31,32)(H,28,29,30). The molecule has 0 aliphatic heterocycles. The highest BCUT2D eigenvalue weighted by Crippen LogP contribution is 2.34. The summed E-state index contributed by atoms with van der Waals surface area (Å²) in [5.41, 5.74) is 4.71. The Balaban J connectivity index is 1.54. The summed E-state index contributed by atoms with van der Waals surface area (Å²) in [6.45, 7) is 0. The number of fused-ring (bicyclic) bond motifs is 2. The van der Waals surface area contributed by atoms with Crippen LogP contribution in [0.3, 0.4) is 0 Å². The van der Waals surface area contributed by atoms with Gasteiger partial charge in [0.2, 0.25) is 0 Å². The third kappa shape index (κ3) is 2.84. The number of aromatic amines is 2. The maximum Gasteiger partial charge on any atom is 0.161 e. The molecule has 0 atom stereocenters.